The molecule has 0 bridgehead atoms. The van der Waals surface area contributed by atoms with Gasteiger partial charge in [-0.05, 0) is 56.9 Å². The molecule has 3 N–H and O–H groups in total. The van der Waals surface area contributed by atoms with E-state index in [1.807, 2.05) is 0 Å². The summed E-state index contributed by atoms with van der Waals surface area (Å²) < 4.78 is 0. The molecule has 1 rings (SSSR count). The van der Waals surface area contributed by atoms with Gasteiger partial charge in [0.25, 0.3) is 0 Å². The van der Waals surface area contributed by atoms with Gasteiger partial charge in [0.15, 0.2) is 0 Å². The van der Waals surface area contributed by atoms with E-state index in [0.29, 0.717) is 5.41 Å². The number of nitrogens with one attached hydrogen (secondary N) is 1. The molecule has 0 amide bonds. The van der Waals surface area contributed by atoms with Crippen molar-refractivity contribution in [3.05, 3.63) is 23.5 Å². The third-order valence-electron chi connectivity index (χ3n) is 2.46. The second-order valence-corrected chi connectivity index (χ2v) is 6.30. The topological polar surface area (TPSA) is 38.0 Å². The Morgan fingerprint density at radius 3 is 2.40 bits per heavy atom. The van der Waals surface area contributed by atoms with Gasteiger partial charge in [-0.2, -0.15) is 0 Å². The molecule has 0 saturated carbocycles. The minimum Gasteiger partial charge on any atom is -0.404 e. The van der Waals surface area contributed by atoms with E-state index in [9.17, 15) is 0 Å². The molecule has 86 valence electrons. The van der Waals surface area contributed by atoms with E-state index < -0.39 is 0 Å². The number of nitrogens with two attached hydrogens (primary N) is 1. The van der Waals surface area contributed by atoms with Gasteiger partial charge in [-0.25, -0.2) is 0 Å². The molecule has 0 spiro atoms. The fraction of sp³-hybridized carbons (Fsp3) is 0.692. The summed E-state index contributed by atoms with van der Waals surface area (Å²) in [6.45, 7) is 11.1. The highest BCUT2D eigenvalue weighted by Gasteiger charge is 2.26. The van der Waals surface area contributed by atoms with Gasteiger partial charge in [0.05, 0.1) is 0 Å². The first kappa shape index (κ1) is 12.2. The number of allylic oxidation sites excluding steroid dienone is 3. The molecule has 1 aliphatic rings. The van der Waals surface area contributed by atoms with Crippen LogP contribution in [0.15, 0.2) is 23.5 Å². The van der Waals surface area contributed by atoms with E-state index in [1.165, 1.54) is 11.3 Å². The van der Waals surface area contributed by atoms with Crippen LogP contribution in [0, 0.1) is 5.41 Å². The SMILES string of the molecule is CC1(C)CC(NC(C)(C)C)=C/C(=C/N)C1. The van der Waals surface area contributed by atoms with Gasteiger partial charge in [-0.15, -0.1) is 0 Å². The molecule has 0 aromatic heterocycles. The molecule has 0 unspecified atom stereocenters. The molecule has 1 aliphatic carbocycles. The molecule has 0 aromatic carbocycles. The summed E-state index contributed by atoms with van der Waals surface area (Å²) in [5, 5.41) is 3.54. The maximum atomic E-state index is 5.62. The maximum absolute atomic E-state index is 5.62. The van der Waals surface area contributed by atoms with Gasteiger partial charge in [0.2, 0.25) is 0 Å². The molecule has 0 atom stereocenters. The molecular formula is C13H24N2. The highest BCUT2D eigenvalue weighted by molar-refractivity contribution is 5.28. The van der Waals surface area contributed by atoms with E-state index >= 15 is 0 Å². The molecule has 0 radical (unpaired) electrons. The predicted octanol–water partition coefficient (Wildman–Crippen LogP) is 2.92. The summed E-state index contributed by atoms with van der Waals surface area (Å²) in [5.74, 6) is 0. The minimum absolute atomic E-state index is 0.124. The zero-order valence-electron chi connectivity index (χ0n) is 10.6. The van der Waals surface area contributed by atoms with E-state index in [-0.39, 0.29) is 5.54 Å². The molecule has 15 heavy (non-hydrogen) atoms. The highest BCUT2D eigenvalue weighted by atomic mass is 15.0. The molecule has 0 aliphatic heterocycles. The molecule has 0 heterocycles. The van der Waals surface area contributed by atoms with Crippen LogP contribution in [-0.4, -0.2) is 5.54 Å². The van der Waals surface area contributed by atoms with Crippen LogP contribution < -0.4 is 11.1 Å². The quantitative estimate of drug-likeness (QED) is 0.695. The molecule has 0 aromatic rings. The second kappa shape index (κ2) is 3.92. The summed E-state index contributed by atoms with van der Waals surface area (Å²) in [5.41, 5.74) is 8.59. The Kier molecular flexibility index (Phi) is 3.17. The van der Waals surface area contributed by atoms with Crippen molar-refractivity contribution in [2.24, 2.45) is 11.1 Å². The van der Waals surface area contributed by atoms with Crippen molar-refractivity contribution in [3.63, 3.8) is 0 Å². The van der Waals surface area contributed by atoms with Crippen LogP contribution in [0.3, 0.4) is 0 Å². The lowest BCUT2D eigenvalue weighted by Crippen LogP contribution is -2.37. The Balaban J connectivity index is 2.85. The molecule has 0 saturated heterocycles. The van der Waals surface area contributed by atoms with Gasteiger partial charge in [0, 0.05) is 11.2 Å². The molecule has 2 nitrogen and oxygen atoms in total. The largest absolute Gasteiger partial charge is 0.404 e. The van der Waals surface area contributed by atoms with E-state index in [4.69, 9.17) is 5.73 Å². The predicted molar refractivity (Wildman–Crippen MR) is 66.3 cm³/mol. The van der Waals surface area contributed by atoms with Crippen molar-refractivity contribution in [1.29, 1.82) is 0 Å². The average molecular weight is 208 g/mol. The summed E-state index contributed by atoms with van der Waals surface area (Å²) in [6.07, 6.45) is 6.09. The molecule has 2 heteroatoms. The van der Waals surface area contributed by atoms with Gasteiger partial charge in [-0.1, -0.05) is 13.8 Å². The summed E-state index contributed by atoms with van der Waals surface area (Å²) >= 11 is 0. The third kappa shape index (κ3) is 3.98. The Labute approximate surface area is 93.6 Å². The van der Waals surface area contributed by atoms with Crippen LogP contribution in [0.4, 0.5) is 0 Å². The van der Waals surface area contributed by atoms with Crippen molar-refractivity contribution in [1.82, 2.24) is 5.32 Å². The molecule has 0 fully saturated rings. The van der Waals surface area contributed by atoms with Crippen LogP contribution in [0.2, 0.25) is 0 Å². The zero-order valence-corrected chi connectivity index (χ0v) is 10.6. The lowest BCUT2D eigenvalue weighted by molar-refractivity contribution is 0.325. The van der Waals surface area contributed by atoms with Crippen molar-refractivity contribution in [3.8, 4) is 0 Å². The number of hydrogen-bond donors (Lipinski definition) is 2. The Hall–Kier alpha value is -0.920. The monoisotopic (exact) mass is 208 g/mol. The summed E-state index contributed by atoms with van der Waals surface area (Å²) in [6, 6.07) is 0. The molecular weight excluding hydrogens is 184 g/mol. The van der Waals surface area contributed by atoms with E-state index in [0.717, 1.165) is 12.8 Å². The van der Waals surface area contributed by atoms with Crippen molar-refractivity contribution in [2.75, 3.05) is 0 Å². The Morgan fingerprint density at radius 2 is 1.93 bits per heavy atom. The van der Waals surface area contributed by atoms with Crippen LogP contribution >= 0.6 is 0 Å². The fourth-order valence-corrected chi connectivity index (χ4v) is 2.13. The smallest absolute Gasteiger partial charge is 0.0286 e. The van der Waals surface area contributed by atoms with Crippen molar-refractivity contribution in [2.45, 2.75) is 53.0 Å². The first-order valence-electron chi connectivity index (χ1n) is 5.61. The van der Waals surface area contributed by atoms with E-state index in [2.05, 4.69) is 46.0 Å². The van der Waals surface area contributed by atoms with Crippen LogP contribution in [0.25, 0.3) is 0 Å². The summed E-state index contributed by atoms with van der Waals surface area (Å²) in [7, 11) is 0. The van der Waals surface area contributed by atoms with Crippen molar-refractivity contribution >= 4 is 0 Å². The average Bonchev–Trinajstić information content (AvgIpc) is 1.97. The lowest BCUT2D eigenvalue weighted by Gasteiger charge is -2.35. The second-order valence-electron chi connectivity index (χ2n) is 6.30. The van der Waals surface area contributed by atoms with Gasteiger partial charge >= 0.3 is 0 Å². The minimum atomic E-state index is 0.124. The first-order chi connectivity index (χ1) is 6.72. The third-order valence-corrected chi connectivity index (χ3v) is 2.46. The van der Waals surface area contributed by atoms with Crippen LogP contribution in [-0.2, 0) is 0 Å². The number of hydrogen-bond acceptors (Lipinski definition) is 2. The Morgan fingerprint density at radius 1 is 1.33 bits per heavy atom. The zero-order chi connectivity index (χ0) is 11.7. The maximum Gasteiger partial charge on any atom is 0.0286 e. The van der Waals surface area contributed by atoms with Gasteiger partial charge < -0.3 is 11.1 Å². The van der Waals surface area contributed by atoms with Gasteiger partial charge in [0.1, 0.15) is 0 Å². The van der Waals surface area contributed by atoms with E-state index in [1.54, 1.807) is 6.20 Å². The summed E-state index contributed by atoms with van der Waals surface area (Å²) in [4.78, 5) is 0. The highest BCUT2D eigenvalue weighted by Crippen LogP contribution is 2.37. The van der Waals surface area contributed by atoms with Crippen molar-refractivity contribution < 1.29 is 0 Å². The Bertz CT molecular complexity index is 290. The van der Waals surface area contributed by atoms with Crippen LogP contribution in [0.1, 0.15) is 47.5 Å². The standard InChI is InChI=1S/C13H24N2/c1-12(2,3)15-11-6-10(9-14)7-13(4,5)8-11/h6,9,15H,7-8,14H2,1-5H3/b10-9-. The first-order valence-corrected chi connectivity index (χ1v) is 5.61. The van der Waals surface area contributed by atoms with Gasteiger partial charge in [-0.3, -0.25) is 0 Å². The lowest BCUT2D eigenvalue weighted by atomic mass is 9.77. The number of rotatable bonds is 1. The van der Waals surface area contributed by atoms with Crippen LogP contribution in [0.5, 0.6) is 0 Å². The fourth-order valence-electron chi connectivity index (χ4n) is 2.13. The normalized spacial score (nSPS) is 23.8.